The Bertz CT molecular complexity index is 145. The van der Waals surface area contributed by atoms with Crippen molar-refractivity contribution in [3.05, 3.63) is 0 Å². The van der Waals surface area contributed by atoms with Gasteiger partial charge in [-0.2, -0.15) is 0 Å². The topological polar surface area (TPSA) is 12.5 Å². The predicted octanol–water partition coefficient (Wildman–Crippen LogP) is -1.27. The number of hydrogen-bond acceptors (Lipinski definition) is 2. The van der Waals surface area contributed by atoms with Gasteiger partial charge in [-0.1, -0.05) is 0 Å². The van der Waals surface area contributed by atoms with Gasteiger partial charge in [0.25, 0.3) is 0 Å². The third kappa shape index (κ3) is 9.95. The van der Waals surface area contributed by atoms with Crippen molar-refractivity contribution in [1.29, 1.82) is 0 Å². The molecule has 0 aromatic heterocycles. The molecule has 0 aromatic rings. The van der Waals surface area contributed by atoms with E-state index in [2.05, 4.69) is 0 Å². The molecule has 7 heteroatoms. The van der Waals surface area contributed by atoms with Crippen LogP contribution >= 0.6 is 0 Å². The monoisotopic (exact) mass is 237 g/mol. The Balaban J connectivity index is 0. The third-order valence-corrected chi connectivity index (χ3v) is 1.75. The third-order valence-electron chi connectivity index (χ3n) is 1.75. The molecule has 0 aliphatic rings. The minimum absolute atomic E-state index is 0. The Hall–Kier alpha value is 1.41. The quantitative estimate of drug-likeness (QED) is 0.534. The molecule has 2 nitrogen and oxygen atoms in total. The Kier molecular flexibility index (Phi) is 10.9. The molecule has 0 aliphatic carbocycles. The smallest absolute Gasteiger partial charge is 0.448 e. The molecule has 0 rings (SSSR count). The van der Waals surface area contributed by atoms with Crippen molar-refractivity contribution in [2.45, 2.75) is 19.9 Å². The van der Waals surface area contributed by atoms with E-state index in [1.165, 1.54) is 12.0 Å². The van der Waals surface area contributed by atoms with E-state index in [1.54, 1.807) is 13.8 Å². The van der Waals surface area contributed by atoms with E-state index in [0.29, 0.717) is 13.2 Å². The van der Waals surface area contributed by atoms with Crippen molar-refractivity contribution < 1.29 is 69.1 Å². The maximum absolute atomic E-state index is 12.1. The molecule has 0 spiro atoms. The second-order valence-electron chi connectivity index (χ2n) is 3.29. The van der Waals surface area contributed by atoms with Crippen molar-refractivity contribution in [2.75, 3.05) is 26.7 Å². The summed E-state index contributed by atoms with van der Waals surface area (Å²) >= 11 is 0. The van der Waals surface area contributed by atoms with E-state index in [9.17, 15) is 12.9 Å². The first-order valence-corrected chi connectivity index (χ1v) is 4.31. The fraction of sp³-hybridized carbons (Fsp3) is 1.00. The van der Waals surface area contributed by atoms with Gasteiger partial charge in [0, 0.05) is 19.7 Å². The molecular weight excluding hydrogens is 221 g/mol. The average molecular weight is 237 g/mol. The summed E-state index contributed by atoms with van der Waals surface area (Å²) < 4.78 is 41.0. The van der Waals surface area contributed by atoms with E-state index < -0.39 is 13.4 Å². The summed E-state index contributed by atoms with van der Waals surface area (Å²) in [6, 6.07) is -0.0985. The molecule has 0 radical (unpaired) electrons. The predicted molar refractivity (Wildman–Crippen MR) is 47.7 cm³/mol. The van der Waals surface area contributed by atoms with E-state index >= 15 is 0 Å². The van der Waals surface area contributed by atoms with Gasteiger partial charge in [0.1, 0.15) is 0 Å². The first-order valence-electron chi connectivity index (χ1n) is 4.31. The van der Waals surface area contributed by atoms with Gasteiger partial charge in [0.2, 0.25) is 0 Å². The van der Waals surface area contributed by atoms with Crippen LogP contribution in [0.3, 0.4) is 0 Å². The zero-order valence-corrected chi connectivity index (χ0v) is 12.4. The van der Waals surface area contributed by atoms with E-state index in [0.717, 1.165) is 0 Å². The summed E-state index contributed by atoms with van der Waals surface area (Å²) in [6.45, 7) is -0.567. The van der Waals surface area contributed by atoms with E-state index in [4.69, 9.17) is 4.74 Å². The van der Waals surface area contributed by atoms with Crippen LogP contribution in [0.1, 0.15) is 13.8 Å². The van der Waals surface area contributed by atoms with Gasteiger partial charge < -0.3 is 22.6 Å². The van der Waals surface area contributed by atoms with Gasteiger partial charge in [-0.05, 0) is 20.3 Å². The fourth-order valence-corrected chi connectivity index (χ4v) is 1.03. The molecule has 0 unspecified atom stereocenters. The number of rotatable bonds is 6. The molecule has 0 atom stereocenters. The van der Waals surface area contributed by atoms with E-state index in [-0.39, 0.29) is 57.4 Å². The van der Waals surface area contributed by atoms with Gasteiger partial charge in [0.05, 0.1) is 6.61 Å². The minimum Gasteiger partial charge on any atom is -0.448 e. The summed E-state index contributed by atoms with van der Waals surface area (Å²) in [5.41, 5.74) is 0. The van der Waals surface area contributed by atoms with Crippen molar-refractivity contribution in [3.63, 3.8) is 0 Å². The fourth-order valence-electron chi connectivity index (χ4n) is 1.03. The molecule has 0 amide bonds. The van der Waals surface area contributed by atoms with Crippen LogP contribution < -0.4 is 51.4 Å². The van der Waals surface area contributed by atoms with Crippen molar-refractivity contribution in [2.24, 2.45) is 0 Å². The van der Waals surface area contributed by atoms with E-state index in [1.807, 2.05) is 0 Å². The first kappa shape index (κ1) is 17.8. The number of methoxy groups -OCH3 is 1. The summed E-state index contributed by atoms with van der Waals surface area (Å²) in [5.74, 6) is 0. The zero-order valence-electron chi connectivity index (χ0n) is 9.27. The largest absolute Gasteiger partial charge is 1.00 e. The Morgan fingerprint density at radius 3 is 2.07 bits per heavy atom. The maximum atomic E-state index is 12.1. The van der Waals surface area contributed by atoms with Gasteiger partial charge >= 0.3 is 58.4 Å². The summed E-state index contributed by atoms with van der Waals surface area (Å²) in [6.07, 6.45) is -0.805. The molecule has 0 aromatic carbocycles. The number of halogens is 3. The Labute approximate surface area is 126 Å². The van der Waals surface area contributed by atoms with Gasteiger partial charge in [-0.25, -0.2) is 0 Å². The van der Waals surface area contributed by atoms with Crippen LogP contribution in [-0.4, -0.2) is 44.6 Å². The second-order valence-corrected chi connectivity index (χ2v) is 3.29. The van der Waals surface area contributed by atoms with Gasteiger partial charge in [-0.15, -0.1) is 0 Å². The number of hydrogen-bond donors (Lipinski definition) is 0. The van der Waals surface area contributed by atoms with Crippen LogP contribution in [0.5, 0.6) is 0 Å². The molecule has 0 fully saturated rings. The molecule has 14 heavy (non-hydrogen) atoms. The van der Waals surface area contributed by atoms with Crippen molar-refractivity contribution in [1.82, 2.24) is 4.90 Å². The normalized spacial score (nSPS) is 12.0. The number of ether oxygens (including phenoxy) is 1. The first-order chi connectivity index (χ1) is 5.87. The summed E-state index contributed by atoms with van der Waals surface area (Å²) in [7, 11) is 1.48. The molecule has 0 saturated carbocycles. The second kappa shape index (κ2) is 8.55. The molecule has 0 bridgehead atoms. The standard InChI is InChI=1S/C7H16BF3NO.K/c1-7(2)12(4-5-13-3)6-8(9,10)11;/h7H,4-6H2,1-3H3;/q-1;+1. The Morgan fingerprint density at radius 1 is 1.29 bits per heavy atom. The maximum Gasteiger partial charge on any atom is 1.00 e. The van der Waals surface area contributed by atoms with Gasteiger partial charge in [-0.3, -0.25) is 0 Å². The Morgan fingerprint density at radius 2 is 1.79 bits per heavy atom. The molecule has 0 N–H and O–H groups in total. The molecule has 0 heterocycles. The minimum atomic E-state index is -4.73. The van der Waals surface area contributed by atoms with Crippen molar-refractivity contribution in [3.8, 4) is 0 Å². The molecule has 0 aliphatic heterocycles. The zero-order chi connectivity index (χ0) is 10.5. The average Bonchev–Trinajstić information content (AvgIpc) is 1.95. The van der Waals surface area contributed by atoms with Crippen LogP contribution in [-0.2, 0) is 4.74 Å². The summed E-state index contributed by atoms with van der Waals surface area (Å²) in [4.78, 5) is 1.36. The molecule has 0 saturated heterocycles. The van der Waals surface area contributed by atoms with Crippen LogP contribution in [0.15, 0.2) is 0 Å². The molecule has 80 valence electrons. The van der Waals surface area contributed by atoms with Crippen LogP contribution in [0.25, 0.3) is 0 Å². The molecular formula is C7H16BF3KNO. The van der Waals surface area contributed by atoms with Crippen LogP contribution in [0, 0.1) is 0 Å². The van der Waals surface area contributed by atoms with Crippen LogP contribution in [0.2, 0.25) is 0 Å². The summed E-state index contributed by atoms with van der Waals surface area (Å²) in [5, 5.41) is 0. The SMILES string of the molecule is COCCN(C[B-](F)(F)F)C(C)C.[K+]. The van der Waals surface area contributed by atoms with Crippen molar-refractivity contribution >= 4 is 6.98 Å². The van der Waals surface area contributed by atoms with Crippen LogP contribution in [0.4, 0.5) is 12.9 Å². The van der Waals surface area contributed by atoms with Gasteiger partial charge in [0.15, 0.2) is 0 Å². The number of nitrogens with zero attached hydrogens (tertiary/aromatic N) is 1.